The molecule has 29 heavy (non-hydrogen) atoms. The van der Waals surface area contributed by atoms with Gasteiger partial charge in [-0.3, -0.25) is 4.72 Å². The molecule has 13 heteroatoms. The van der Waals surface area contributed by atoms with Crippen molar-refractivity contribution in [1.82, 2.24) is 4.98 Å². The van der Waals surface area contributed by atoms with Crippen LogP contribution >= 0.6 is 22.9 Å². The van der Waals surface area contributed by atoms with Crippen LogP contribution in [0.3, 0.4) is 0 Å². The van der Waals surface area contributed by atoms with E-state index in [-0.39, 0.29) is 22.3 Å². The van der Waals surface area contributed by atoms with Crippen molar-refractivity contribution in [3.8, 4) is 0 Å². The highest BCUT2D eigenvalue weighted by Crippen LogP contribution is 2.36. The second kappa shape index (κ2) is 8.09. The number of hydrogen-bond donors (Lipinski definition) is 3. The minimum absolute atomic E-state index is 0.0171. The fourth-order valence-corrected chi connectivity index (χ4v) is 4.95. The maximum atomic E-state index is 14.5. The summed E-state index contributed by atoms with van der Waals surface area (Å²) in [6.45, 7) is 0. The molecule has 0 bridgehead atoms. The molecule has 1 aromatic carbocycles. The third-order valence-corrected chi connectivity index (χ3v) is 6.75. The van der Waals surface area contributed by atoms with Crippen molar-refractivity contribution >= 4 is 43.8 Å². The number of aromatic nitrogens is 1. The van der Waals surface area contributed by atoms with Crippen molar-refractivity contribution in [3.63, 3.8) is 0 Å². The molecule has 0 saturated heterocycles. The van der Waals surface area contributed by atoms with Crippen molar-refractivity contribution < 1.29 is 26.0 Å². The number of rotatable bonds is 5. The Morgan fingerprint density at radius 3 is 2.66 bits per heavy atom. The molecule has 1 aliphatic carbocycles. The van der Waals surface area contributed by atoms with Crippen LogP contribution in [-0.2, 0) is 10.0 Å². The van der Waals surface area contributed by atoms with E-state index < -0.39 is 51.0 Å². The Morgan fingerprint density at radius 2 is 2.03 bits per heavy atom. The molecular weight excluding hydrogens is 456 g/mol. The van der Waals surface area contributed by atoms with Crippen molar-refractivity contribution in [2.75, 3.05) is 10.0 Å². The molecule has 0 unspecified atom stereocenters. The molecule has 0 saturated carbocycles. The Balaban J connectivity index is 1.83. The zero-order chi connectivity index (χ0) is 21.4. The van der Waals surface area contributed by atoms with E-state index in [1.54, 1.807) is 0 Å². The van der Waals surface area contributed by atoms with E-state index in [0.717, 1.165) is 29.5 Å². The van der Waals surface area contributed by atoms with Gasteiger partial charge >= 0.3 is 6.18 Å². The summed E-state index contributed by atoms with van der Waals surface area (Å²) in [6, 6.07) is 0.181. The van der Waals surface area contributed by atoms with Gasteiger partial charge in [0.1, 0.15) is 10.7 Å². The van der Waals surface area contributed by atoms with Gasteiger partial charge in [-0.2, -0.15) is 13.2 Å². The zero-order valence-electron chi connectivity index (χ0n) is 14.5. The summed E-state index contributed by atoms with van der Waals surface area (Å²) in [5.74, 6) is -1.13. The number of thiazole rings is 1. The van der Waals surface area contributed by atoms with E-state index in [9.17, 15) is 26.0 Å². The topological polar surface area (TPSA) is 97.1 Å². The highest BCUT2D eigenvalue weighted by Gasteiger charge is 2.38. The lowest BCUT2D eigenvalue weighted by Gasteiger charge is -2.31. The van der Waals surface area contributed by atoms with Crippen LogP contribution in [0.1, 0.15) is 12.8 Å². The first kappa shape index (κ1) is 21.8. The van der Waals surface area contributed by atoms with Crippen molar-refractivity contribution in [3.05, 3.63) is 46.2 Å². The zero-order valence-corrected chi connectivity index (χ0v) is 16.9. The normalized spacial score (nSPS) is 20.3. The number of nitrogens with zero attached hydrogens (tertiary/aromatic N) is 1. The predicted octanol–water partition coefficient (Wildman–Crippen LogP) is 4.13. The first-order valence-electron chi connectivity index (χ1n) is 8.17. The summed E-state index contributed by atoms with van der Waals surface area (Å²) in [6.07, 6.45) is -2.53. The molecule has 0 aliphatic heterocycles. The van der Waals surface area contributed by atoms with Gasteiger partial charge in [-0.25, -0.2) is 17.8 Å². The largest absolute Gasteiger partial charge is 0.412 e. The maximum absolute atomic E-state index is 14.5. The van der Waals surface area contributed by atoms with E-state index in [1.807, 2.05) is 0 Å². The number of hydrogen-bond acceptors (Lipinski definition) is 6. The highest BCUT2D eigenvalue weighted by atomic mass is 35.5. The van der Waals surface area contributed by atoms with E-state index in [2.05, 4.69) is 15.0 Å². The molecule has 158 valence electrons. The van der Waals surface area contributed by atoms with Gasteiger partial charge in [-0.15, -0.1) is 11.3 Å². The van der Waals surface area contributed by atoms with Gasteiger partial charge in [0.15, 0.2) is 5.13 Å². The van der Waals surface area contributed by atoms with Gasteiger partial charge in [-0.05, 0) is 25.0 Å². The number of alkyl halides is 3. The molecule has 0 amide bonds. The Labute approximate surface area is 172 Å². The lowest BCUT2D eigenvalue weighted by molar-refractivity contribution is -0.0955. The lowest BCUT2D eigenvalue weighted by atomic mass is 9.90. The van der Waals surface area contributed by atoms with Gasteiger partial charge < -0.3 is 11.1 Å². The number of nitrogens with two attached hydrogens (primary N) is 1. The molecule has 6 nitrogen and oxygen atoms in total. The molecule has 2 atom stereocenters. The number of anilines is 2. The SMILES string of the molecule is N[C@@H]1CC=C(C(F)(F)F)C[C@H]1Nc1cc(F)c(S(=O)(=O)Nc2nccs2)cc1Cl. The molecule has 1 aliphatic rings. The Kier molecular flexibility index (Phi) is 6.08. The van der Waals surface area contributed by atoms with Crippen LogP contribution in [0.2, 0.25) is 5.02 Å². The smallest absolute Gasteiger partial charge is 0.379 e. The number of benzene rings is 1. The van der Waals surface area contributed by atoms with Crippen molar-refractivity contribution in [2.24, 2.45) is 5.73 Å². The maximum Gasteiger partial charge on any atom is 0.412 e. The first-order valence-corrected chi connectivity index (χ1v) is 10.9. The highest BCUT2D eigenvalue weighted by molar-refractivity contribution is 7.93. The molecule has 0 radical (unpaired) electrons. The summed E-state index contributed by atoms with van der Waals surface area (Å²) in [7, 11) is -4.30. The van der Waals surface area contributed by atoms with E-state index in [1.165, 1.54) is 11.6 Å². The Morgan fingerprint density at radius 1 is 1.31 bits per heavy atom. The van der Waals surface area contributed by atoms with E-state index >= 15 is 0 Å². The summed E-state index contributed by atoms with van der Waals surface area (Å²) in [4.78, 5) is 3.04. The van der Waals surface area contributed by atoms with Crippen LogP contribution in [0.4, 0.5) is 28.4 Å². The van der Waals surface area contributed by atoms with Crippen LogP contribution in [-0.4, -0.2) is 31.7 Å². The molecule has 1 heterocycles. The number of halogens is 5. The average molecular weight is 471 g/mol. The van der Waals surface area contributed by atoms with Crippen molar-refractivity contribution in [2.45, 2.75) is 36.0 Å². The average Bonchev–Trinajstić information content (AvgIpc) is 3.10. The standard InChI is InChI=1S/C16H15ClF4N4O2S2/c17-9-6-14(29(26,27)25-15-23-3-4-28-15)10(18)7-12(9)24-13-5-8(16(19,20)21)1-2-11(13)22/h1,3-4,6-7,11,13,24H,2,5,22H2,(H,23,25)/t11-,13-/m1/s1. The third-order valence-electron chi connectivity index (χ3n) is 4.26. The lowest BCUT2D eigenvalue weighted by Crippen LogP contribution is -2.43. The van der Waals surface area contributed by atoms with Crippen LogP contribution < -0.4 is 15.8 Å². The van der Waals surface area contributed by atoms with E-state index in [0.29, 0.717) is 0 Å². The van der Waals surface area contributed by atoms with Gasteiger partial charge in [0.2, 0.25) is 0 Å². The Bertz CT molecular complexity index is 1030. The molecule has 2 aromatic rings. The Hall–Kier alpha value is -1.89. The second-order valence-corrected chi connectivity index (χ2v) is 9.24. The van der Waals surface area contributed by atoms with Gasteiger partial charge in [-0.1, -0.05) is 17.7 Å². The molecule has 0 fully saturated rings. The van der Waals surface area contributed by atoms with E-state index in [4.69, 9.17) is 17.3 Å². The van der Waals surface area contributed by atoms with Crippen molar-refractivity contribution in [1.29, 1.82) is 0 Å². The minimum atomic E-state index is -4.49. The molecule has 1 aromatic heterocycles. The fourth-order valence-electron chi connectivity index (χ4n) is 2.79. The number of sulfonamides is 1. The fraction of sp³-hybridized carbons (Fsp3) is 0.312. The first-order chi connectivity index (χ1) is 13.5. The minimum Gasteiger partial charge on any atom is -0.379 e. The second-order valence-electron chi connectivity index (χ2n) is 6.29. The van der Waals surface area contributed by atoms with Crippen LogP contribution in [0.15, 0.2) is 40.3 Å². The summed E-state index contributed by atoms with van der Waals surface area (Å²) >= 11 is 7.07. The van der Waals surface area contributed by atoms with Crippen LogP contribution in [0.5, 0.6) is 0 Å². The quantitative estimate of drug-likeness (QED) is 0.451. The van der Waals surface area contributed by atoms with Gasteiger partial charge in [0.25, 0.3) is 10.0 Å². The third kappa shape index (κ3) is 5.00. The monoisotopic (exact) mass is 470 g/mol. The molecular formula is C16H15ClF4N4O2S2. The molecule has 3 rings (SSSR count). The summed E-state index contributed by atoms with van der Waals surface area (Å²) in [5.41, 5.74) is 5.08. The van der Waals surface area contributed by atoms with Gasteiger partial charge in [0, 0.05) is 29.2 Å². The van der Waals surface area contributed by atoms with Crippen LogP contribution in [0.25, 0.3) is 0 Å². The summed E-state index contributed by atoms with van der Waals surface area (Å²) in [5, 5.41) is 4.10. The molecule has 0 spiro atoms. The predicted molar refractivity (Wildman–Crippen MR) is 103 cm³/mol. The van der Waals surface area contributed by atoms with Gasteiger partial charge in [0.05, 0.1) is 10.7 Å². The summed E-state index contributed by atoms with van der Waals surface area (Å²) < 4.78 is 80.3. The van der Waals surface area contributed by atoms with Crippen LogP contribution in [0, 0.1) is 5.82 Å². The number of nitrogens with one attached hydrogen (secondary N) is 2. The molecule has 4 N–H and O–H groups in total.